The fourth-order valence-corrected chi connectivity index (χ4v) is 3.05. The molecule has 0 radical (unpaired) electrons. The van der Waals surface area contributed by atoms with E-state index in [9.17, 15) is 9.18 Å². The molecule has 3 rings (SSSR count). The van der Waals surface area contributed by atoms with Crippen LogP contribution >= 0.6 is 0 Å². The molecule has 0 spiro atoms. The standard InChI is InChI=1S/C18H23FN4O/c1-2-23-17(18(24)20-8-11-22-9-3-4-10-22)13-16(21-23)14-6-5-7-15(19)12-14/h5-7,12-13H,2-4,8-11H2,1H3,(H,20,24). The number of nitrogens with one attached hydrogen (secondary N) is 1. The Balaban J connectivity index is 1.68. The molecule has 1 saturated heterocycles. The Morgan fingerprint density at radius 3 is 2.79 bits per heavy atom. The molecule has 2 heterocycles. The molecule has 1 fully saturated rings. The van der Waals surface area contributed by atoms with Crippen molar-refractivity contribution >= 4 is 5.91 Å². The summed E-state index contributed by atoms with van der Waals surface area (Å²) in [7, 11) is 0. The average molecular weight is 330 g/mol. The van der Waals surface area contributed by atoms with Crippen LogP contribution in [-0.4, -0.2) is 46.8 Å². The third kappa shape index (κ3) is 3.82. The number of likely N-dealkylation sites (tertiary alicyclic amines) is 1. The number of aromatic nitrogens is 2. The number of hydrogen-bond acceptors (Lipinski definition) is 3. The summed E-state index contributed by atoms with van der Waals surface area (Å²) in [6.45, 7) is 6.26. The number of halogens is 1. The highest BCUT2D eigenvalue weighted by atomic mass is 19.1. The molecule has 128 valence electrons. The minimum absolute atomic E-state index is 0.133. The number of rotatable bonds is 6. The number of amides is 1. The monoisotopic (exact) mass is 330 g/mol. The molecule has 0 saturated carbocycles. The largest absolute Gasteiger partial charge is 0.349 e. The van der Waals surface area contributed by atoms with Crippen LogP contribution in [0.25, 0.3) is 11.3 Å². The third-order valence-corrected chi connectivity index (χ3v) is 4.34. The molecule has 24 heavy (non-hydrogen) atoms. The highest BCUT2D eigenvalue weighted by molar-refractivity contribution is 5.93. The summed E-state index contributed by atoms with van der Waals surface area (Å²) in [5.41, 5.74) is 1.80. The van der Waals surface area contributed by atoms with Gasteiger partial charge in [-0.2, -0.15) is 5.10 Å². The lowest BCUT2D eigenvalue weighted by atomic mass is 10.1. The lowest BCUT2D eigenvalue weighted by molar-refractivity contribution is 0.0939. The van der Waals surface area contributed by atoms with Gasteiger partial charge in [0.25, 0.3) is 5.91 Å². The molecule has 1 aliphatic heterocycles. The zero-order valence-electron chi connectivity index (χ0n) is 14.0. The number of benzene rings is 1. The van der Waals surface area contributed by atoms with Gasteiger partial charge in [-0.15, -0.1) is 0 Å². The van der Waals surface area contributed by atoms with E-state index in [1.807, 2.05) is 6.92 Å². The van der Waals surface area contributed by atoms with Gasteiger partial charge in [0.05, 0.1) is 5.69 Å². The number of nitrogens with zero attached hydrogens (tertiary/aromatic N) is 3. The Labute approximate surface area is 141 Å². The average Bonchev–Trinajstić information content (AvgIpc) is 3.24. The third-order valence-electron chi connectivity index (χ3n) is 4.34. The Morgan fingerprint density at radius 1 is 1.29 bits per heavy atom. The summed E-state index contributed by atoms with van der Waals surface area (Å²) in [6, 6.07) is 7.99. The molecule has 6 heteroatoms. The lowest BCUT2D eigenvalue weighted by Crippen LogP contribution is -2.34. The predicted molar refractivity (Wildman–Crippen MR) is 91.3 cm³/mol. The Hall–Kier alpha value is -2.21. The van der Waals surface area contributed by atoms with Crippen LogP contribution in [0, 0.1) is 5.82 Å². The van der Waals surface area contributed by atoms with E-state index in [1.54, 1.807) is 22.9 Å². The van der Waals surface area contributed by atoms with Gasteiger partial charge in [0.1, 0.15) is 11.5 Å². The maximum Gasteiger partial charge on any atom is 0.269 e. The van der Waals surface area contributed by atoms with Crippen molar-refractivity contribution in [2.45, 2.75) is 26.3 Å². The summed E-state index contributed by atoms with van der Waals surface area (Å²) < 4.78 is 15.1. The molecular weight excluding hydrogens is 307 g/mol. The first kappa shape index (κ1) is 16.6. The number of hydrogen-bond donors (Lipinski definition) is 1. The SMILES string of the molecule is CCn1nc(-c2cccc(F)c2)cc1C(=O)NCCN1CCCC1. The Morgan fingerprint density at radius 2 is 2.08 bits per heavy atom. The van der Waals surface area contributed by atoms with Crippen LogP contribution in [0.2, 0.25) is 0 Å². The molecule has 1 aliphatic rings. The van der Waals surface area contributed by atoms with E-state index in [1.165, 1.54) is 25.0 Å². The highest BCUT2D eigenvalue weighted by Gasteiger charge is 2.16. The molecule has 1 aromatic heterocycles. The number of carbonyl (C=O) groups is 1. The molecule has 0 bridgehead atoms. The second kappa shape index (κ2) is 7.57. The van der Waals surface area contributed by atoms with Crippen molar-refractivity contribution in [2.75, 3.05) is 26.2 Å². The molecule has 0 atom stereocenters. The summed E-state index contributed by atoms with van der Waals surface area (Å²) in [6.07, 6.45) is 2.49. The molecule has 5 nitrogen and oxygen atoms in total. The van der Waals surface area contributed by atoms with Crippen molar-refractivity contribution in [3.63, 3.8) is 0 Å². The summed E-state index contributed by atoms with van der Waals surface area (Å²) in [5, 5.41) is 7.39. The molecule has 0 unspecified atom stereocenters. The van der Waals surface area contributed by atoms with E-state index in [4.69, 9.17) is 0 Å². The van der Waals surface area contributed by atoms with Crippen molar-refractivity contribution in [2.24, 2.45) is 0 Å². The van der Waals surface area contributed by atoms with Crippen molar-refractivity contribution in [1.82, 2.24) is 20.0 Å². The normalized spacial score (nSPS) is 14.9. The quantitative estimate of drug-likeness (QED) is 0.885. The van der Waals surface area contributed by atoms with Crippen LogP contribution in [0.15, 0.2) is 30.3 Å². The van der Waals surface area contributed by atoms with Crippen molar-refractivity contribution in [1.29, 1.82) is 0 Å². The van der Waals surface area contributed by atoms with Crippen molar-refractivity contribution in [3.8, 4) is 11.3 Å². The van der Waals surface area contributed by atoms with Crippen LogP contribution < -0.4 is 5.32 Å². The van der Waals surface area contributed by atoms with E-state index >= 15 is 0 Å². The van der Waals surface area contributed by atoms with E-state index in [-0.39, 0.29) is 11.7 Å². The first-order valence-electron chi connectivity index (χ1n) is 8.51. The molecule has 1 aromatic carbocycles. The van der Waals surface area contributed by atoms with Crippen LogP contribution in [0.1, 0.15) is 30.3 Å². The minimum atomic E-state index is -0.310. The van der Waals surface area contributed by atoms with Crippen LogP contribution in [0.4, 0.5) is 4.39 Å². The van der Waals surface area contributed by atoms with Crippen molar-refractivity contribution in [3.05, 3.63) is 41.8 Å². The molecule has 1 N–H and O–H groups in total. The predicted octanol–water partition coefficient (Wildman–Crippen LogP) is 2.53. The Bertz CT molecular complexity index is 707. The maximum absolute atomic E-state index is 13.4. The van der Waals surface area contributed by atoms with Gasteiger partial charge in [-0.1, -0.05) is 12.1 Å². The van der Waals surface area contributed by atoms with Crippen LogP contribution in [0.5, 0.6) is 0 Å². The molecule has 2 aromatic rings. The number of aryl methyl sites for hydroxylation is 1. The van der Waals surface area contributed by atoms with Gasteiger partial charge < -0.3 is 10.2 Å². The van der Waals surface area contributed by atoms with Gasteiger partial charge in [-0.3, -0.25) is 9.48 Å². The fourth-order valence-electron chi connectivity index (χ4n) is 3.05. The summed E-state index contributed by atoms with van der Waals surface area (Å²) in [4.78, 5) is 14.8. The zero-order chi connectivity index (χ0) is 16.9. The van der Waals surface area contributed by atoms with Gasteiger partial charge in [0, 0.05) is 25.2 Å². The molecule has 0 aliphatic carbocycles. The smallest absolute Gasteiger partial charge is 0.269 e. The zero-order valence-corrected chi connectivity index (χ0v) is 14.0. The minimum Gasteiger partial charge on any atom is -0.349 e. The summed E-state index contributed by atoms with van der Waals surface area (Å²) in [5.74, 6) is -0.443. The van der Waals surface area contributed by atoms with Crippen LogP contribution in [0.3, 0.4) is 0 Å². The maximum atomic E-state index is 13.4. The molecular formula is C18H23FN4O. The van der Waals surface area contributed by atoms with E-state index < -0.39 is 0 Å². The van der Waals surface area contributed by atoms with Gasteiger partial charge in [-0.25, -0.2) is 4.39 Å². The van der Waals surface area contributed by atoms with E-state index in [0.29, 0.717) is 30.0 Å². The van der Waals surface area contributed by atoms with E-state index in [0.717, 1.165) is 19.6 Å². The van der Waals surface area contributed by atoms with Gasteiger partial charge in [-0.05, 0) is 51.1 Å². The second-order valence-corrected chi connectivity index (χ2v) is 6.05. The lowest BCUT2D eigenvalue weighted by Gasteiger charge is -2.14. The van der Waals surface area contributed by atoms with E-state index in [2.05, 4.69) is 15.3 Å². The first-order valence-corrected chi connectivity index (χ1v) is 8.51. The summed E-state index contributed by atoms with van der Waals surface area (Å²) >= 11 is 0. The molecule has 1 amide bonds. The van der Waals surface area contributed by atoms with Gasteiger partial charge in [0.15, 0.2) is 0 Å². The number of carbonyl (C=O) groups excluding carboxylic acids is 1. The topological polar surface area (TPSA) is 50.2 Å². The van der Waals surface area contributed by atoms with Crippen LogP contribution in [-0.2, 0) is 6.54 Å². The van der Waals surface area contributed by atoms with Gasteiger partial charge >= 0.3 is 0 Å². The first-order chi connectivity index (χ1) is 11.7. The second-order valence-electron chi connectivity index (χ2n) is 6.05. The fraction of sp³-hybridized carbons (Fsp3) is 0.444. The Kier molecular flexibility index (Phi) is 5.25. The van der Waals surface area contributed by atoms with Crippen molar-refractivity contribution < 1.29 is 9.18 Å². The van der Waals surface area contributed by atoms with Gasteiger partial charge in [0.2, 0.25) is 0 Å². The highest BCUT2D eigenvalue weighted by Crippen LogP contribution is 2.20.